The summed E-state index contributed by atoms with van der Waals surface area (Å²) in [7, 11) is 1.44. The second kappa shape index (κ2) is 8.12. The van der Waals surface area contributed by atoms with Crippen LogP contribution in [0.5, 0.6) is 5.75 Å². The van der Waals surface area contributed by atoms with Gasteiger partial charge >= 0.3 is 0 Å². The van der Waals surface area contributed by atoms with Crippen LogP contribution in [0.1, 0.15) is 29.8 Å². The van der Waals surface area contributed by atoms with Crippen LogP contribution in [0.3, 0.4) is 0 Å². The zero-order valence-corrected chi connectivity index (χ0v) is 14.6. The number of carbonyl (C=O) groups excluding carboxylic acids is 2. The molecule has 0 fully saturated rings. The molecule has 0 aliphatic heterocycles. The van der Waals surface area contributed by atoms with E-state index >= 15 is 0 Å². The fourth-order valence-electron chi connectivity index (χ4n) is 2.12. The molecular weight excluding hydrogens is 337 g/mol. The maximum Gasteiger partial charge on any atom is 0.258 e. The molecular formula is C19H18FN3O3. The summed E-state index contributed by atoms with van der Waals surface area (Å²) in [6, 6.07) is 10.1. The zero-order chi connectivity index (χ0) is 19.3. The van der Waals surface area contributed by atoms with Crippen molar-refractivity contribution in [1.29, 1.82) is 5.26 Å². The molecule has 2 rings (SSSR count). The molecule has 0 aromatic heterocycles. The molecule has 0 heterocycles. The summed E-state index contributed by atoms with van der Waals surface area (Å²) in [5.41, 5.74) is 0.790. The summed E-state index contributed by atoms with van der Waals surface area (Å²) >= 11 is 0. The molecule has 0 spiro atoms. The third-order valence-corrected chi connectivity index (χ3v) is 3.58. The van der Waals surface area contributed by atoms with Gasteiger partial charge in [0, 0.05) is 17.7 Å². The van der Waals surface area contributed by atoms with Crippen molar-refractivity contribution >= 4 is 23.2 Å². The topological polar surface area (TPSA) is 91.2 Å². The molecule has 0 unspecified atom stereocenters. The molecule has 7 heteroatoms. The van der Waals surface area contributed by atoms with E-state index in [2.05, 4.69) is 10.6 Å². The second-order valence-electron chi connectivity index (χ2n) is 5.82. The molecule has 0 aliphatic rings. The highest BCUT2D eigenvalue weighted by Gasteiger charge is 2.15. The van der Waals surface area contributed by atoms with Gasteiger partial charge in [0.2, 0.25) is 5.91 Å². The monoisotopic (exact) mass is 355 g/mol. The van der Waals surface area contributed by atoms with Crippen molar-refractivity contribution in [1.82, 2.24) is 0 Å². The number of nitriles is 1. The Balaban J connectivity index is 2.21. The van der Waals surface area contributed by atoms with Gasteiger partial charge in [0.15, 0.2) is 0 Å². The van der Waals surface area contributed by atoms with Crippen LogP contribution in [0, 0.1) is 23.1 Å². The van der Waals surface area contributed by atoms with E-state index < -0.39 is 11.7 Å². The number of carbonyl (C=O) groups is 2. The first-order chi connectivity index (χ1) is 12.3. The molecule has 0 aliphatic carbocycles. The van der Waals surface area contributed by atoms with Gasteiger partial charge in [-0.05, 0) is 30.3 Å². The van der Waals surface area contributed by atoms with E-state index in [-0.39, 0.29) is 23.0 Å². The molecule has 0 saturated heterocycles. The van der Waals surface area contributed by atoms with Gasteiger partial charge in [-0.2, -0.15) is 5.26 Å². The van der Waals surface area contributed by atoms with Crippen LogP contribution in [-0.2, 0) is 4.79 Å². The SMILES string of the molecule is COc1cc(NC(=O)c2ccc(C#N)cc2F)ccc1NC(=O)C(C)C. The highest BCUT2D eigenvalue weighted by atomic mass is 19.1. The molecule has 2 aromatic rings. The van der Waals surface area contributed by atoms with Crippen molar-refractivity contribution in [3.63, 3.8) is 0 Å². The minimum Gasteiger partial charge on any atom is -0.494 e. The van der Waals surface area contributed by atoms with E-state index in [1.54, 1.807) is 32.0 Å². The van der Waals surface area contributed by atoms with E-state index in [4.69, 9.17) is 10.00 Å². The van der Waals surface area contributed by atoms with Crippen LogP contribution < -0.4 is 15.4 Å². The van der Waals surface area contributed by atoms with Crippen LogP contribution in [0.2, 0.25) is 0 Å². The third kappa shape index (κ3) is 4.36. The summed E-state index contributed by atoms with van der Waals surface area (Å²) in [4.78, 5) is 24.1. The molecule has 0 saturated carbocycles. The lowest BCUT2D eigenvalue weighted by atomic mass is 10.1. The smallest absolute Gasteiger partial charge is 0.258 e. The highest BCUT2D eigenvalue weighted by Crippen LogP contribution is 2.28. The molecule has 2 amide bonds. The minimum absolute atomic E-state index is 0.131. The molecule has 134 valence electrons. The van der Waals surface area contributed by atoms with Crippen LogP contribution in [0.25, 0.3) is 0 Å². The summed E-state index contributed by atoms with van der Waals surface area (Å²) in [5.74, 6) is -1.45. The summed E-state index contributed by atoms with van der Waals surface area (Å²) in [6.45, 7) is 3.53. The lowest BCUT2D eigenvalue weighted by molar-refractivity contribution is -0.118. The lowest BCUT2D eigenvalue weighted by Crippen LogP contribution is -2.18. The highest BCUT2D eigenvalue weighted by molar-refractivity contribution is 6.05. The maximum atomic E-state index is 13.9. The largest absolute Gasteiger partial charge is 0.494 e. The minimum atomic E-state index is -0.783. The van der Waals surface area contributed by atoms with E-state index in [1.165, 1.54) is 25.3 Å². The summed E-state index contributed by atoms with van der Waals surface area (Å²) in [5, 5.41) is 14.0. The molecule has 0 radical (unpaired) electrons. The Hall–Kier alpha value is -3.40. The first-order valence-corrected chi connectivity index (χ1v) is 7.85. The van der Waals surface area contributed by atoms with Gasteiger partial charge in [0.05, 0.1) is 30.0 Å². The van der Waals surface area contributed by atoms with Crippen molar-refractivity contribution in [3.05, 3.63) is 53.3 Å². The number of benzene rings is 2. The number of nitrogens with one attached hydrogen (secondary N) is 2. The number of nitrogens with zero attached hydrogens (tertiary/aromatic N) is 1. The van der Waals surface area contributed by atoms with E-state index in [0.29, 0.717) is 17.1 Å². The zero-order valence-electron chi connectivity index (χ0n) is 14.6. The van der Waals surface area contributed by atoms with E-state index in [0.717, 1.165) is 6.07 Å². The fourth-order valence-corrected chi connectivity index (χ4v) is 2.12. The standard InChI is InChI=1S/C19H18FN3O3/c1-11(2)18(24)23-16-7-5-13(9-17(16)26-3)22-19(25)14-6-4-12(10-21)8-15(14)20/h4-9,11H,1-3H3,(H,22,25)(H,23,24). The quantitative estimate of drug-likeness (QED) is 0.858. The number of hydrogen-bond acceptors (Lipinski definition) is 4. The van der Waals surface area contributed by atoms with Crippen LogP contribution in [0.15, 0.2) is 36.4 Å². The van der Waals surface area contributed by atoms with Crippen molar-refractivity contribution in [3.8, 4) is 11.8 Å². The van der Waals surface area contributed by atoms with Crippen molar-refractivity contribution < 1.29 is 18.7 Å². The predicted octanol–water partition coefficient (Wildman–Crippen LogP) is 3.55. The molecule has 2 N–H and O–H groups in total. The van der Waals surface area contributed by atoms with Gasteiger partial charge in [-0.25, -0.2) is 4.39 Å². The number of rotatable bonds is 5. The number of amides is 2. The first-order valence-electron chi connectivity index (χ1n) is 7.85. The Morgan fingerprint density at radius 2 is 1.88 bits per heavy atom. The Kier molecular flexibility index (Phi) is 5.91. The first kappa shape index (κ1) is 18.9. The lowest BCUT2D eigenvalue weighted by Gasteiger charge is -2.14. The van der Waals surface area contributed by atoms with Gasteiger partial charge < -0.3 is 15.4 Å². The number of hydrogen-bond donors (Lipinski definition) is 2. The average molecular weight is 355 g/mol. The Bertz CT molecular complexity index is 888. The predicted molar refractivity (Wildman–Crippen MR) is 95.5 cm³/mol. The second-order valence-corrected chi connectivity index (χ2v) is 5.82. The van der Waals surface area contributed by atoms with Crippen LogP contribution in [-0.4, -0.2) is 18.9 Å². The average Bonchev–Trinajstić information content (AvgIpc) is 2.62. The van der Waals surface area contributed by atoms with Gasteiger partial charge in [0.1, 0.15) is 11.6 Å². The molecule has 0 bridgehead atoms. The number of anilines is 2. The molecule has 26 heavy (non-hydrogen) atoms. The van der Waals surface area contributed by atoms with Gasteiger partial charge in [-0.15, -0.1) is 0 Å². The van der Waals surface area contributed by atoms with Crippen LogP contribution in [0.4, 0.5) is 15.8 Å². The Morgan fingerprint density at radius 3 is 2.46 bits per heavy atom. The van der Waals surface area contributed by atoms with Gasteiger partial charge in [-0.1, -0.05) is 13.8 Å². The summed E-state index contributed by atoms with van der Waals surface area (Å²) in [6.07, 6.45) is 0. The van der Waals surface area contributed by atoms with E-state index in [1.807, 2.05) is 0 Å². The molecule has 6 nitrogen and oxygen atoms in total. The van der Waals surface area contributed by atoms with Crippen molar-refractivity contribution in [2.45, 2.75) is 13.8 Å². The Labute approximate surface area is 150 Å². The van der Waals surface area contributed by atoms with Gasteiger partial charge in [0.25, 0.3) is 5.91 Å². The molecule has 0 atom stereocenters. The van der Waals surface area contributed by atoms with Crippen LogP contribution >= 0.6 is 0 Å². The Morgan fingerprint density at radius 1 is 1.15 bits per heavy atom. The van der Waals surface area contributed by atoms with Crippen molar-refractivity contribution in [2.24, 2.45) is 5.92 Å². The summed E-state index contributed by atoms with van der Waals surface area (Å²) < 4.78 is 19.2. The maximum absolute atomic E-state index is 13.9. The fraction of sp³-hybridized carbons (Fsp3) is 0.211. The molecule has 2 aromatic carbocycles. The third-order valence-electron chi connectivity index (χ3n) is 3.58. The van der Waals surface area contributed by atoms with Gasteiger partial charge in [-0.3, -0.25) is 9.59 Å². The van der Waals surface area contributed by atoms with E-state index in [9.17, 15) is 14.0 Å². The number of halogens is 1. The van der Waals surface area contributed by atoms with Crippen molar-refractivity contribution in [2.75, 3.05) is 17.7 Å². The number of methoxy groups -OCH3 is 1. The number of ether oxygens (including phenoxy) is 1. The normalized spacial score (nSPS) is 10.2.